The van der Waals surface area contributed by atoms with Gasteiger partial charge >= 0.3 is 5.97 Å². The van der Waals surface area contributed by atoms with E-state index in [-0.39, 0.29) is 6.10 Å². The minimum absolute atomic E-state index is 0.127. The Bertz CT molecular complexity index is 257. The number of carboxylic acids is 1. The molecule has 0 aliphatic rings. The molecule has 0 aromatic heterocycles. The minimum Gasteiger partial charge on any atom is -0.481 e. The molecule has 2 N–H and O–H groups in total. The predicted octanol–water partition coefficient (Wildman–Crippen LogP) is 0.884. The summed E-state index contributed by atoms with van der Waals surface area (Å²) in [5.41, 5.74) is -0.605. The Kier molecular flexibility index (Phi) is 5.44. The van der Waals surface area contributed by atoms with Gasteiger partial charge in [-0.25, -0.2) is 0 Å². The highest BCUT2D eigenvalue weighted by atomic mass is 16.5. The van der Waals surface area contributed by atoms with E-state index in [0.29, 0.717) is 6.54 Å². The first kappa shape index (κ1) is 14.9. The Morgan fingerprint density at radius 2 is 1.88 bits per heavy atom. The van der Waals surface area contributed by atoms with Crippen LogP contribution >= 0.6 is 0 Å². The Morgan fingerprint density at radius 3 is 2.19 bits per heavy atom. The maximum Gasteiger partial charge on any atom is 0.316 e. The Morgan fingerprint density at radius 1 is 1.38 bits per heavy atom. The van der Waals surface area contributed by atoms with Gasteiger partial charge in [-0.3, -0.25) is 9.59 Å². The molecule has 0 saturated carbocycles. The molecule has 5 nitrogen and oxygen atoms in total. The van der Waals surface area contributed by atoms with E-state index in [1.165, 1.54) is 7.11 Å². The van der Waals surface area contributed by atoms with Gasteiger partial charge < -0.3 is 15.2 Å². The third-order valence-electron chi connectivity index (χ3n) is 2.34. The summed E-state index contributed by atoms with van der Waals surface area (Å²) in [6.45, 7) is 7.30. The molecule has 0 rings (SSSR count). The molecule has 2 unspecified atom stereocenters. The second-order valence-electron chi connectivity index (χ2n) is 4.93. The van der Waals surface area contributed by atoms with Crippen LogP contribution in [0.3, 0.4) is 0 Å². The standard InChI is InChI=1S/C11H21NO4/c1-7(16-5)6-12-9(13)8(10(14)15)11(2,3)4/h7-8H,6H2,1-5H3,(H,12,13)(H,14,15). The van der Waals surface area contributed by atoms with E-state index < -0.39 is 23.2 Å². The molecule has 0 aliphatic heterocycles. The number of carbonyl (C=O) groups is 2. The summed E-state index contributed by atoms with van der Waals surface area (Å²) >= 11 is 0. The SMILES string of the molecule is COC(C)CNC(=O)C(C(=O)O)C(C)(C)C. The van der Waals surface area contributed by atoms with Gasteiger partial charge in [-0.1, -0.05) is 20.8 Å². The molecule has 0 aliphatic carbocycles. The molecule has 1 amide bonds. The van der Waals surface area contributed by atoms with Crippen molar-refractivity contribution in [1.29, 1.82) is 0 Å². The zero-order valence-electron chi connectivity index (χ0n) is 10.5. The van der Waals surface area contributed by atoms with Crippen molar-refractivity contribution in [3.05, 3.63) is 0 Å². The van der Waals surface area contributed by atoms with Gasteiger partial charge in [0.25, 0.3) is 0 Å². The number of carbonyl (C=O) groups excluding carboxylic acids is 1. The van der Waals surface area contributed by atoms with Crippen molar-refractivity contribution >= 4 is 11.9 Å². The molecule has 0 aromatic carbocycles. The minimum atomic E-state index is -1.10. The summed E-state index contributed by atoms with van der Waals surface area (Å²) in [6.07, 6.45) is -0.127. The number of hydrogen-bond acceptors (Lipinski definition) is 3. The van der Waals surface area contributed by atoms with Crippen LogP contribution < -0.4 is 5.32 Å². The third-order valence-corrected chi connectivity index (χ3v) is 2.34. The van der Waals surface area contributed by atoms with E-state index in [2.05, 4.69) is 5.32 Å². The molecule has 0 saturated heterocycles. The van der Waals surface area contributed by atoms with Crippen LogP contribution in [0.25, 0.3) is 0 Å². The van der Waals surface area contributed by atoms with Crippen LogP contribution in [0.4, 0.5) is 0 Å². The fraction of sp³-hybridized carbons (Fsp3) is 0.818. The summed E-state index contributed by atoms with van der Waals surface area (Å²) < 4.78 is 4.96. The molecule has 16 heavy (non-hydrogen) atoms. The van der Waals surface area contributed by atoms with Crippen molar-refractivity contribution < 1.29 is 19.4 Å². The maximum atomic E-state index is 11.7. The number of methoxy groups -OCH3 is 1. The van der Waals surface area contributed by atoms with Crippen LogP contribution in [0, 0.1) is 11.3 Å². The lowest BCUT2D eigenvalue weighted by Gasteiger charge is -2.26. The number of hydrogen-bond donors (Lipinski definition) is 2. The molecule has 0 fully saturated rings. The van der Waals surface area contributed by atoms with Crippen molar-refractivity contribution in [2.45, 2.75) is 33.8 Å². The predicted molar refractivity (Wildman–Crippen MR) is 60.1 cm³/mol. The summed E-state index contributed by atoms with van der Waals surface area (Å²) in [5.74, 6) is -2.62. The van der Waals surface area contributed by atoms with Gasteiger partial charge in [-0.15, -0.1) is 0 Å². The highest BCUT2D eigenvalue weighted by molar-refractivity contribution is 5.97. The van der Waals surface area contributed by atoms with Gasteiger partial charge in [-0.2, -0.15) is 0 Å². The quantitative estimate of drug-likeness (QED) is 0.689. The van der Waals surface area contributed by atoms with Crippen molar-refractivity contribution in [2.24, 2.45) is 11.3 Å². The molecule has 0 heterocycles. The highest BCUT2D eigenvalue weighted by Gasteiger charge is 2.37. The Balaban J connectivity index is 4.48. The summed E-state index contributed by atoms with van der Waals surface area (Å²) in [7, 11) is 1.54. The Labute approximate surface area is 96.2 Å². The van der Waals surface area contributed by atoms with Gasteiger partial charge in [-0.05, 0) is 12.3 Å². The van der Waals surface area contributed by atoms with Crippen molar-refractivity contribution in [3.8, 4) is 0 Å². The van der Waals surface area contributed by atoms with E-state index in [1.54, 1.807) is 27.7 Å². The van der Waals surface area contributed by atoms with Gasteiger partial charge in [0.15, 0.2) is 0 Å². The number of rotatable bonds is 5. The van der Waals surface area contributed by atoms with Crippen LogP contribution in [0.1, 0.15) is 27.7 Å². The van der Waals surface area contributed by atoms with E-state index in [0.717, 1.165) is 0 Å². The van der Waals surface area contributed by atoms with Gasteiger partial charge in [0.05, 0.1) is 6.10 Å². The van der Waals surface area contributed by atoms with Crippen molar-refractivity contribution in [3.63, 3.8) is 0 Å². The molecule has 0 aromatic rings. The van der Waals surface area contributed by atoms with Gasteiger partial charge in [0, 0.05) is 13.7 Å². The lowest BCUT2D eigenvalue weighted by molar-refractivity contribution is -0.151. The Hall–Kier alpha value is -1.10. The highest BCUT2D eigenvalue weighted by Crippen LogP contribution is 2.26. The van der Waals surface area contributed by atoms with Gasteiger partial charge in [0.2, 0.25) is 5.91 Å². The first-order chi connectivity index (χ1) is 7.20. The zero-order valence-corrected chi connectivity index (χ0v) is 10.5. The summed E-state index contributed by atoms with van der Waals surface area (Å²) in [5, 5.41) is 11.6. The molecule has 0 radical (unpaired) electrons. The lowest BCUT2D eigenvalue weighted by Crippen LogP contribution is -2.44. The molecule has 0 spiro atoms. The number of carboxylic acid groups (broad SMARTS) is 1. The summed E-state index contributed by atoms with van der Waals surface area (Å²) in [6, 6.07) is 0. The fourth-order valence-corrected chi connectivity index (χ4v) is 1.31. The first-order valence-corrected chi connectivity index (χ1v) is 5.23. The molecule has 5 heteroatoms. The topological polar surface area (TPSA) is 75.6 Å². The van der Waals surface area contributed by atoms with E-state index in [4.69, 9.17) is 9.84 Å². The fourth-order valence-electron chi connectivity index (χ4n) is 1.31. The monoisotopic (exact) mass is 231 g/mol. The largest absolute Gasteiger partial charge is 0.481 e. The second kappa shape index (κ2) is 5.84. The lowest BCUT2D eigenvalue weighted by atomic mass is 9.80. The van der Waals surface area contributed by atoms with E-state index in [9.17, 15) is 9.59 Å². The number of ether oxygens (including phenoxy) is 1. The summed E-state index contributed by atoms with van der Waals surface area (Å²) in [4.78, 5) is 22.7. The normalized spacial score (nSPS) is 15.3. The second-order valence-corrected chi connectivity index (χ2v) is 4.93. The van der Waals surface area contributed by atoms with Crippen molar-refractivity contribution in [2.75, 3.05) is 13.7 Å². The van der Waals surface area contributed by atoms with E-state index >= 15 is 0 Å². The molecule has 0 bridgehead atoms. The van der Waals surface area contributed by atoms with Crippen molar-refractivity contribution in [1.82, 2.24) is 5.32 Å². The molecule has 2 atom stereocenters. The van der Waals surface area contributed by atoms with Crippen LogP contribution in [-0.2, 0) is 14.3 Å². The molecular weight excluding hydrogens is 210 g/mol. The number of aliphatic carboxylic acids is 1. The smallest absolute Gasteiger partial charge is 0.316 e. The zero-order chi connectivity index (χ0) is 12.9. The first-order valence-electron chi connectivity index (χ1n) is 5.23. The number of nitrogens with one attached hydrogen (secondary N) is 1. The van der Waals surface area contributed by atoms with Crippen LogP contribution in [-0.4, -0.2) is 36.7 Å². The molecule has 94 valence electrons. The molecular formula is C11H21NO4. The third kappa shape index (κ3) is 4.61. The van der Waals surface area contributed by atoms with E-state index in [1.807, 2.05) is 0 Å². The average Bonchev–Trinajstić information content (AvgIpc) is 2.11. The number of amides is 1. The van der Waals surface area contributed by atoms with Crippen LogP contribution in [0.5, 0.6) is 0 Å². The van der Waals surface area contributed by atoms with Crippen LogP contribution in [0.2, 0.25) is 0 Å². The van der Waals surface area contributed by atoms with Gasteiger partial charge in [0.1, 0.15) is 5.92 Å². The van der Waals surface area contributed by atoms with Crippen LogP contribution in [0.15, 0.2) is 0 Å². The average molecular weight is 231 g/mol. The maximum absolute atomic E-state index is 11.7.